The SMILES string of the molecule is N#C/C(=C/c1ccccc1OCc1ccccc1C#N)C(=O)NCCCc1ccccc1. The maximum Gasteiger partial charge on any atom is 0.261 e. The normalized spacial score (nSPS) is 10.6. The van der Waals surface area contributed by atoms with Gasteiger partial charge in [-0.1, -0.05) is 66.7 Å². The van der Waals surface area contributed by atoms with Crippen molar-refractivity contribution in [2.75, 3.05) is 6.54 Å². The molecule has 158 valence electrons. The summed E-state index contributed by atoms with van der Waals surface area (Å²) >= 11 is 0. The standard InChI is InChI=1S/C27H23N3O2/c28-18-23-13-4-5-14-24(23)20-32-26-15-7-6-12-22(26)17-25(19-29)27(31)30-16-8-11-21-9-2-1-3-10-21/h1-7,9-10,12-15,17H,8,11,16,20H2,(H,30,31)/b25-17-. The summed E-state index contributed by atoms with van der Waals surface area (Å²) in [7, 11) is 0. The van der Waals surface area contributed by atoms with E-state index in [1.807, 2.05) is 60.7 Å². The summed E-state index contributed by atoms with van der Waals surface area (Å²) in [5, 5.41) is 21.6. The van der Waals surface area contributed by atoms with Crippen LogP contribution in [0.3, 0.4) is 0 Å². The molecule has 5 nitrogen and oxygen atoms in total. The third kappa shape index (κ3) is 6.32. The summed E-state index contributed by atoms with van der Waals surface area (Å²) in [5.41, 5.74) is 3.16. The van der Waals surface area contributed by atoms with Crippen LogP contribution in [0.2, 0.25) is 0 Å². The Morgan fingerprint density at radius 1 is 0.938 bits per heavy atom. The summed E-state index contributed by atoms with van der Waals surface area (Å²) in [6.45, 7) is 0.692. The van der Waals surface area contributed by atoms with Crippen LogP contribution in [0.1, 0.15) is 28.7 Å². The molecule has 1 amide bonds. The molecule has 0 unspecified atom stereocenters. The van der Waals surface area contributed by atoms with Crippen LogP contribution in [0.4, 0.5) is 0 Å². The number of carbonyl (C=O) groups is 1. The Kier molecular flexibility index (Phi) is 8.19. The maximum atomic E-state index is 12.5. The number of hydrogen-bond acceptors (Lipinski definition) is 4. The fourth-order valence-corrected chi connectivity index (χ4v) is 3.18. The van der Waals surface area contributed by atoms with Gasteiger partial charge in [-0.2, -0.15) is 10.5 Å². The van der Waals surface area contributed by atoms with E-state index >= 15 is 0 Å². The van der Waals surface area contributed by atoms with Gasteiger partial charge in [0.15, 0.2) is 0 Å². The number of rotatable bonds is 9. The van der Waals surface area contributed by atoms with Gasteiger partial charge in [0.25, 0.3) is 5.91 Å². The molecule has 0 fully saturated rings. The lowest BCUT2D eigenvalue weighted by Crippen LogP contribution is -2.25. The van der Waals surface area contributed by atoms with Gasteiger partial charge in [0.05, 0.1) is 11.6 Å². The molecule has 32 heavy (non-hydrogen) atoms. The van der Waals surface area contributed by atoms with Crippen molar-refractivity contribution in [3.05, 3.63) is 107 Å². The molecule has 3 rings (SSSR count). The van der Waals surface area contributed by atoms with Gasteiger partial charge in [0.1, 0.15) is 24.0 Å². The van der Waals surface area contributed by atoms with Crippen LogP contribution in [0, 0.1) is 22.7 Å². The Bertz CT molecular complexity index is 1170. The van der Waals surface area contributed by atoms with Crippen LogP contribution in [0.5, 0.6) is 5.75 Å². The number of amides is 1. The molecule has 5 heteroatoms. The van der Waals surface area contributed by atoms with Crippen LogP contribution >= 0.6 is 0 Å². The van der Waals surface area contributed by atoms with Crippen molar-refractivity contribution in [1.29, 1.82) is 10.5 Å². The second-order valence-electron chi connectivity index (χ2n) is 7.11. The van der Waals surface area contributed by atoms with E-state index in [4.69, 9.17) is 4.74 Å². The molecule has 3 aromatic rings. The number of nitrogens with one attached hydrogen (secondary N) is 1. The highest BCUT2D eigenvalue weighted by molar-refractivity contribution is 6.01. The van der Waals surface area contributed by atoms with E-state index in [0.29, 0.717) is 23.4 Å². The van der Waals surface area contributed by atoms with Gasteiger partial charge in [0, 0.05) is 17.7 Å². The van der Waals surface area contributed by atoms with Gasteiger partial charge < -0.3 is 10.1 Å². The van der Waals surface area contributed by atoms with E-state index in [9.17, 15) is 15.3 Å². The number of benzene rings is 3. The summed E-state index contributed by atoms with van der Waals surface area (Å²) in [6.07, 6.45) is 3.16. The number of nitrogens with zero attached hydrogens (tertiary/aromatic N) is 2. The molecular formula is C27H23N3O2. The topological polar surface area (TPSA) is 85.9 Å². The molecule has 3 aromatic carbocycles. The van der Waals surface area contributed by atoms with Crippen LogP contribution in [0.15, 0.2) is 84.4 Å². The van der Waals surface area contributed by atoms with Crippen molar-refractivity contribution in [3.63, 3.8) is 0 Å². The minimum Gasteiger partial charge on any atom is -0.488 e. The highest BCUT2D eigenvalue weighted by Crippen LogP contribution is 2.23. The van der Waals surface area contributed by atoms with Crippen LogP contribution in [0.25, 0.3) is 6.08 Å². The van der Waals surface area contributed by atoms with E-state index in [2.05, 4.69) is 11.4 Å². The van der Waals surface area contributed by atoms with Gasteiger partial charge in [-0.25, -0.2) is 0 Å². The zero-order valence-electron chi connectivity index (χ0n) is 17.6. The first-order valence-corrected chi connectivity index (χ1v) is 10.3. The largest absolute Gasteiger partial charge is 0.488 e. The first kappa shape index (κ1) is 22.3. The number of ether oxygens (including phenoxy) is 1. The number of nitriles is 2. The average molecular weight is 422 g/mol. The monoisotopic (exact) mass is 421 g/mol. The molecule has 0 bridgehead atoms. The Morgan fingerprint density at radius 3 is 2.44 bits per heavy atom. The summed E-state index contributed by atoms with van der Waals surface area (Å²) in [4.78, 5) is 12.5. The van der Waals surface area contributed by atoms with Gasteiger partial charge >= 0.3 is 0 Å². The fourth-order valence-electron chi connectivity index (χ4n) is 3.18. The van der Waals surface area contributed by atoms with Crippen LogP contribution in [-0.4, -0.2) is 12.5 Å². The minimum atomic E-state index is -0.412. The number of para-hydroxylation sites is 1. The Balaban J connectivity index is 1.63. The molecule has 0 radical (unpaired) electrons. The predicted molar refractivity (Wildman–Crippen MR) is 123 cm³/mol. The molecule has 0 aliphatic carbocycles. The van der Waals surface area contributed by atoms with Gasteiger partial charge in [-0.3, -0.25) is 4.79 Å². The molecular weight excluding hydrogens is 398 g/mol. The van der Waals surface area contributed by atoms with Crippen molar-refractivity contribution >= 4 is 12.0 Å². The summed E-state index contributed by atoms with van der Waals surface area (Å²) in [6, 6.07) is 28.6. The molecule has 0 aliphatic heterocycles. The van der Waals surface area contributed by atoms with E-state index in [0.717, 1.165) is 18.4 Å². The molecule has 0 saturated heterocycles. The highest BCUT2D eigenvalue weighted by Gasteiger charge is 2.11. The Morgan fingerprint density at radius 2 is 1.66 bits per heavy atom. The van der Waals surface area contributed by atoms with Gasteiger partial charge in [-0.05, 0) is 36.6 Å². The van der Waals surface area contributed by atoms with Crippen molar-refractivity contribution in [2.45, 2.75) is 19.4 Å². The highest BCUT2D eigenvalue weighted by atomic mass is 16.5. The Hall–Kier alpha value is -4.35. The number of carbonyl (C=O) groups excluding carboxylic acids is 1. The molecule has 1 N–H and O–H groups in total. The van der Waals surface area contributed by atoms with Crippen LogP contribution < -0.4 is 10.1 Å². The number of aryl methyl sites for hydroxylation is 1. The number of hydrogen-bond donors (Lipinski definition) is 1. The minimum absolute atomic E-state index is 0.0122. The molecule has 0 aliphatic rings. The lowest BCUT2D eigenvalue weighted by molar-refractivity contribution is -0.117. The lowest BCUT2D eigenvalue weighted by Gasteiger charge is -2.11. The van der Waals surface area contributed by atoms with Crippen molar-refractivity contribution < 1.29 is 9.53 Å². The fraction of sp³-hybridized carbons (Fsp3) is 0.148. The van der Waals surface area contributed by atoms with Crippen molar-refractivity contribution in [3.8, 4) is 17.9 Å². The quantitative estimate of drug-likeness (QED) is 0.306. The Labute approximate surface area is 188 Å². The lowest BCUT2D eigenvalue weighted by atomic mass is 10.1. The summed E-state index contributed by atoms with van der Waals surface area (Å²) < 4.78 is 5.90. The second-order valence-corrected chi connectivity index (χ2v) is 7.11. The third-order valence-electron chi connectivity index (χ3n) is 4.88. The third-order valence-corrected chi connectivity index (χ3v) is 4.88. The van der Waals surface area contributed by atoms with Gasteiger partial charge in [0.2, 0.25) is 0 Å². The zero-order chi connectivity index (χ0) is 22.6. The smallest absolute Gasteiger partial charge is 0.261 e. The predicted octanol–water partition coefficient (Wildman–Crippen LogP) is 4.79. The molecule has 0 spiro atoms. The molecule has 0 atom stereocenters. The first-order chi connectivity index (χ1) is 15.7. The van der Waals surface area contributed by atoms with E-state index in [1.54, 1.807) is 24.3 Å². The van der Waals surface area contributed by atoms with Crippen LogP contribution in [-0.2, 0) is 17.8 Å². The maximum absolute atomic E-state index is 12.5. The van der Waals surface area contributed by atoms with Crippen molar-refractivity contribution in [1.82, 2.24) is 5.32 Å². The van der Waals surface area contributed by atoms with Gasteiger partial charge in [-0.15, -0.1) is 0 Å². The zero-order valence-corrected chi connectivity index (χ0v) is 17.6. The molecule has 0 aromatic heterocycles. The van der Waals surface area contributed by atoms with E-state index in [1.165, 1.54) is 11.6 Å². The van der Waals surface area contributed by atoms with E-state index < -0.39 is 5.91 Å². The summed E-state index contributed by atoms with van der Waals surface area (Å²) in [5.74, 6) is 0.120. The van der Waals surface area contributed by atoms with E-state index in [-0.39, 0.29) is 12.2 Å². The van der Waals surface area contributed by atoms with Crippen molar-refractivity contribution in [2.24, 2.45) is 0 Å². The first-order valence-electron chi connectivity index (χ1n) is 10.3. The molecule has 0 heterocycles. The molecule has 0 saturated carbocycles. The average Bonchev–Trinajstić information content (AvgIpc) is 2.85. The second kappa shape index (κ2) is 11.7.